The number of anilines is 1. The van der Waals surface area contributed by atoms with Crippen LogP contribution < -0.4 is 9.44 Å². The van der Waals surface area contributed by atoms with Gasteiger partial charge in [-0.05, 0) is 54.0 Å². The summed E-state index contributed by atoms with van der Waals surface area (Å²) in [5.41, 5.74) is 3.81. The van der Waals surface area contributed by atoms with Crippen LogP contribution in [0.25, 0.3) is 22.5 Å². The summed E-state index contributed by atoms with van der Waals surface area (Å²) in [4.78, 5) is 11.6. The molecule has 0 saturated heterocycles. The lowest BCUT2D eigenvalue weighted by Gasteiger charge is -2.11. The van der Waals surface area contributed by atoms with Crippen molar-refractivity contribution in [1.29, 1.82) is 0 Å². The van der Waals surface area contributed by atoms with Gasteiger partial charge in [-0.15, -0.1) is 0 Å². The number of rotatable bonds is 11. The summed E-state index contributed by atoms with van der Waals surface area (Å²) in [6.07, 6.45) is 3.88. The van der Waals surface area contributed by atoms with E-state index in [1.807, 2.05) is 72.8 Å². The Bertz CT molecular complexity index is 1550. The summed E-state index contributed by atoms with van der Waals surface area (Å²) in [5, 5.41) is 13.9. The van der Waals surface area contributed by atoms with Crippen molar-refractivity contribution >= 4 is 33.5 Å². The molecule has 0 unspecified atom stereocenters. The van der Waals surface area contributed by atoms with Gasteiger partial charge in [-0.1, -0.05) is 83.5 Å². The van der Waals surface area contributed by atoms with E-state index in [-0.39, 0.29) is 12.2 Å². The summed E-state index contributed by atoms with van der Waals surface area (Å²) in [6, 6.07) is 22.5. The zero-order valence-corrected chi connectivity index (χ0v) is 21.9. The van der Waals surface area contributed by atoms with Crippen molar-refractivity contribution in [2.24, 2.45) is 0 Å². The number of hydrogen-bond acceptors (Lipinski definition) is 5. The van der Waals surface area contributed by atoms with Gasteiger partial charge in [0.1, 0.15) is 5.69 Å². The van der Waals surface area contributed by atoms with E-state index in [9.17, 15) is 18.3 Å². The maximum absolute atomic E-state index is 12.6. The number of halogens is 1. The number of aryl methyl sites for hydroxylation is 1. The van der Waals surface area contributed by atoms with Gasteiger partial charge < -0.3 is 9.63 Å². The minimum Gasteiger partial charge on any atom is -0.481 e. The average Bonchev–Trinajstić information content (AvgIpc) is 3.61. The number of nitrogens with zero attached hydrogens (tertiary/aromatic N) is 1. The molecule has 5 rings (SSSR count). The van der Waals surface area contributed by atoms with Crippen molar-refractivity contribution in [3.8, 4) is 22.5 Å². The van der Waals surface area contributed by atoms with Gasteiger partial charge in [0.05, 0.1) is 11.6 Å². The molecule has 0 spiro atoms. The Morgan fingerprint density at radius 3 is 2.24 bits per heavy atom. The Kier molecular flexibility index (Phi) is 7.25. The largest absolute Gasteiger partial charge is 0.481 e. The number of carboxylic acids is 1. The molecule has 0 atom stereocenters. The van der Waals surface area contributed by atoms with Crippen LogP contribution in [0.4, 0.5) is 5.69 Å². The lowest BCUT2D eigenvalue weighted by atomic mass is 9.93. The third kappa shape index (κ3) is 5.60. The molecule has 10 heteroatoms. The zero-order valence-electron chi connectivity index (χ0n) is 20.4. The number of aromatic nitrogens is 1. The van der Waals surface area contributed by atoms with Crippen molar-refractivity contribution in [1.82, 2.24) is 9.88 Å². The van der Waals surface area contributed by atoms with Crippen molar-refractivity contribution in [2.45, 2.75) is 31.1 Å². The van der Waals surface area contributed by atoms with Crippen LogP contribution in [0, 0.1) is 0 Å². The van der Waals surface area contributed by atoms with Crippen molar-refractivity contribution in [2.75, 3.05) is 11.3 Å². The van der Waals surface area contributed by atoms with Crippen molar-refractivity contribution in [3.63, 3.8) is 0 Å². The van der Waals surface area contributed by atoms with Gasteiger partial charge in [0, 0.05) is 17.1 Å². The SMILES string of the molecule is O=C(O)C1(c2ccc(-c3ccc(-c4oncc4NS(=O)(=O)NCCCc4ccccc4Cl)cc3)cc2)CC1. The molecule has 0 bridgehead atoms. The van der Waals surface area contributed by atoms with E-state index in [1.165, 1.54) is 6.20 Å². The number of nitrogens with one attached hydrogen (secondary N) is 2. The molecule has 1 heterocycles. The Morgan fingerprint density at radius 1 is 0.974 bits per heavy atom. The van der Waals surface area contributed by atoms with Gasteiger partial charge in [0.2, 0.25) is 0 Å². The molecule has 38 heavy (non-hydrogen) atoms. The van der Waals surface area contributed by atoms with Crippen LogP contribution in [0.2, 0.25) is 5.02 Å². The van der Waals surface area contributed by atoms with Crippen LogP contribution in [0.1, 0.15) is 30.4 Å². The Hall–Kier alpha value is -3.66. The first kappa shape index (κ1) is 26.0. The third-order valence-electron chi connectivity index (χ3n) is 6.76. The van der Waals surface area contributed by atoms with Crippen LogP contribution in [0.5, 0.6) is 0 Å². The fourth-order valence-electron chi connectivity index (χ4n) is 4.43. The van der Waals surface area contributed by atoms with Crippen molar-refractivity contribution in [3.05, 3.63) is 95.1 Å². The molecule has 1 saturated carbocycles. The van der Waals surface area contributed by atoms with Gasteiger partial charge in [0.15, 0.2) is 5.76 Å². The standard InChI is InChI=1S/C28H26ClN3O5S/c29-24-6-2-1-4-21(24)5-3-17-31-38(35,36)32-25-18-30-37-26(25)22-9-7-19(8-10-22)20-11-13-23(14-12-20)28(15-16-28)27(33)34/h1-2,4,6-14,18,31-32H,3,5,15-17H2,(H,33,34). The number of benzene rings is 3. The molecule has 0 amide bonds. The Labute approximate surface area is 225 Å². The van der Waals surface area contributed by atoms with Gasteiger partial charge in [-0.2, -0.15) is 13.1 Å². The topological polar surface area (TPSA) is 122 Å². The summed E-state index contributed by atoms with van der Waals surface area (Å²) < 4.78 is 35.5. The van der Waals surface area contributed by atoms with Gasteiger partial charge >= 0.3 is 5.97 Å². The number of hydrogen-bond donors (Lipinski definition) is 3. The predicted molar refractivity (Wildman–Crippen MR) is 146 cm³/mol. The molecule has 0 radical (unpaired) electrons. The lowest BCUT2D eigenvalue weighted by molar-refractivity contribution is -0.140. The molecule has 1 aromatic heterocycles. The van der Waals surface area contributed by atoms with E-state index < -0.39 is 21.6 Å². The summed E-state index contributed by atoms with van der Waals surface area (Å²) in [6.45, 7) is 0.238. The first-order valence-electron chi connectivity index (χ1n) is 12.2. The van der Waals surface area contributed by atoms with Gasteiger partial charge in [-0.25, -0.2) is 0 Å². The zero-order chi connectivity index (χ0) is 26.8. The minimum absolute atomic E-state index is 0.226. The van der Waals surface area contributed by atoms with E-state index >= 15 is 0 Å². The highest BCUT2D eigenvalue weighted by Gasteiger charge is 2.51. The van der Waals surface area contributed by atoms with Gasteiger partial charge in [-0.3, -0.25) is 9.52 Å². The average molecular weight is 552 g/mol. The molecule has 3 aromatic carbocycles. The molecule has 3 N–H and O–H groups in total. The quantitative estimate of drug-likeness (QED) is 0.207. The van der Waals surface area contributed by atoms with Crippen LogP contribution in [0.15, 0.2) is 83.5 Å². The molecular weight excluding hydrogens is 526 g/mol. The van der Waals surface area contributed by atoms with Gasteiger partial charge in [0.25, 0.3) is 10.2 Å². The summed E-state index contributed by atoms with van der Waals surface area (Å²) in [5.74, 6) is -0.481. The van der Waals surface area contributed by atoms with E-state index in [0.717, 1.165) is 22.3 Å². The molecule has 1 fully saturated rings. The molecule has 1 aliphatic rings. The Balaban J connectivity index is 1.21. The van der Waals surface area contributed by atoms with Crippen LogP contribution in [-0.4, -0.2) is 31.2 Å². The monoisotopic (exact) mass is 551 g/mol. The molecule has 8 nitrogen and oxygen atoms in total. The molecule has 0 aliphatic heterocycles. The van der Waals surface area contributed by atoms with E-state index in [1.54, 1.807) is 0 Å². The predicted octanol–water partition coefficient (Wildman–Crippen LogP) is 5.66. The highest BCUT2D eigenvalue weighted by atomic mass is 35.5. The fraction of sp³-hybridized carbons (Fsp3) is 0.214. The van der Waals surface area contributed by atoms with Crippen LogP contribution >= 0.6 is 11.6 Å². The second-order valence-corrected chi connectivity index (χ2v) is 11.2. The molecular formula is C28H26ClN3O5S. The van der Waals surface area contributed by atoms with Crippen molar-refractivity contribution < 1.29 is 22.8 Å². The molecule has 196 valence electrons. The van der Waals surface area contributed by atoms with E-state index in [2.05, 4.69) is 14.6 Å². The first-order chi connectivity index (χ1) is 18.3. The molecule has 4 aromatic rings. The lowest BCUT2D eigenvalue weighted by Crippen LogP contribution is -2.31. The van der Waals surface area contributed by atoms with E-state index in [4.69, 9.17) is 16.1 Å². The second-order valence-electron chi connectivity index (χ2n) is 9.31. The number of carboxylic acid groups (broad SMARTS) is 1. The number of aliphatic carboxylic acids is 1. The Morgan fingerprint density at radius 2 is 1.61 bits per heavy atom. The fourth-order valence-corrected chi connectivity index (χ4v) is 5.58. The first-order valence-corrected chi connectivity index (χ1v) is 14.0. The second kappa shape index (κ2) is 10.6. The maximum atomic E-state index is 12.6. The minimum atomic E-state index is -3.84. The summed E-state index contributed by atoms with van der Waals surface area (Å²) in [7, 11) is -3.84. The number of carbonyl (C=O) groups is 1. The molecule has 1 aliphatic carbocycles. The maximum Gasteiger partial charge on any atom is 0.314 e. The summed E-state index contributed by atoms with van der Waals surface area (Å²) >= 11 is 6.16. The smallest absolute Gasteiger partial charge is 0.314 e. The normalized spacial score (nSPS) is 14.2. The van der Waals surface area contributed by atoms with Crippen LogP contribution in [-0.2, 0) is 26.8 Å². The third-order valence-corrected chi connectivity index (χ3v) is 8.21. The highest BCUT2D eigenvalue weighted by molar-refractivity contribution is 7.90. The van der Waals surface area contributed by atoms with E-state index in [0.29, 0.717) is 42.0 Å². The van der Waals surface area contributed by atoms with Crippen LogP contribution in [0.3, 0.4) is 0 Å². The highest BCUT2D eigenvalue weighted by Crippen LogP contribution is 2.48.